The molecule has 3 N–H and O–H groups in total. The van der Waals surface area contributed by atoms with Crippen LogP contribution in [0.4, 0.5) is 5.69 Å². The Morgan fingerprint density at radius 2 is 1.89 bits per heavy atom. The zero-order chi connectivity index (χ0) is 12.4. The summed E-state index contributed by atoms with van der Waals surface area (Å²) in [6, 6.07) is 8.99. The number of anilines is 1. The fraction of sp³-hybridized carbons (Fsp3) is 0.429. The van der Waals surface area contributed by atoms with Gasteiger partial charge >= 0.3 is 0 Å². The maximum Gasteiger partial charge on any atom is 0.0950 e. The second-order valence-electron chi connectivity index (χ2n) is 5.03. The lowest BCUT2D eigenvalue weighted by molar-refractivity contribution is 0.411. The summed E-state index contributed by atoms with van der Waals surface area (Å²) in [5.74, 6) is 0. The van der Waals surface area contributed by atoms with Crippen molar-refractivity contribution in [3.63, 3.8) is 0 Å². The van der Waals surface area contributed by atoms with Crippen molar-refractivity contribution in [1.82, 2.24) is 10.2 Å². The first-order chi connectivity index (χ1) is 8.83. The van der Waals surface area contributed by atoms with Crippen molar-refractivity contribution in [1.29, 1.82) is 0 Å². The van der Waals surface area contributed by atoms with E-state index in [1.807, 2.05) is 24.4 Å². The van der Waals surface area contributed by atoms with Gasteiger partial charge in [-0.2, -0.15) is 10.2 Å². The summed E-state index contributed by atoms with van der Waals surface area (Å²) in [5, 5.41) is 12.9. The fourth-order valence-electron chi connectivity index (χ4n) is 2.61. The number of hydrogen-bond donors (Lipinski definition) is 2. The molecule has 1 saturated carbocycles. The van der Waals surface area contributed by atoms with Crippen LogP contribution in [0.15, 0.2) is 30.5 Å². The van der Waals surface area contributed by atoms with Crippen LogP contribution in [0, 0.1) is 0 Å². The predicted octanol–water partition coefficient (Wildman–Crippen LogP) is 2.31. The van der Waals surface area contributed by atoms with Gasteiger partial charge in [-0.25, -0.2) is 0 Å². The van der Waals surface area contributed by atoms with E-state index in [4.69, 9.17) is 5.73 Å². The van der Waals surface area contributed by atoms with Gasteiger partial charge in [0.25, 0.3) is 0 Å². The number of rotatable bonds is 2. The number of hydrogen-bond acceptors (Lipinski definition) is 4. The molecule has 0 saturated heterocycles. The third-order valence-corrected chi connectivity index (χ3v) is 3.68. The number of aromatic nitrogens is 2. The summed E-state index contributed by atoms with van der Waals surface area (Å²) in [5.41, 5.74) is 7.95. The molecule has 1 aliphatic carbocycles. The van der Waals surface area contributed by atoms with Crippen LogP contribution in [0.2, 0.25) is 0 Å². The van der Waals surface area contributed by atoms with Crippen molar-refractivity contribution in [2.45, 2.75) is 37.8 Å². The molecule has 4 heteroatoms. The van der Waals surface area contributed by atoms with Crippen LogP contribution in [-0.4, -0.2) is 22.3 Å². The molecular formula is C14H18N4. The standard InChI is InChI=1S/C14H18N4/c15-10-5-7-11(8-6-10)17-14-9-16-18-13-4-2-1-3-12(13)14/h1-4,9-11H,5-8,15H2,(H,17,18). The second-order valence-corrected chi connectivity index (χ2v) is 5.03. The molecule has 18 heavy (non-hydrogen) atoms. The van der Waals surface area contributed by atoms with E-state index < -0.39 is 0 Å². The molecule has 1 aliphatic rings. The zero-order valence-corrected chi connectivity index (χ0v) is 10.3. The van der Waals surface area contributed by atoms with Gasteiger partial charge in [0.05, 0.1) is 17.4 Å². The van der Waals surface area contributed by atoms with E-state index in [0.29, 0.717) is 12.1 Å². The first kappa shape index (κ1) is 11.4. The number of nitrogens with zero attached hydrogens (tertiary/aromatic N) is 2. The van der Waals surface area contributed by atoms with Crippen molar-refractivity contribution in [2.24, 2.45) is 5.73 Å². The summed E-state index contributed by atoms with van der Waals surface area (Å²) < 4.78 is 0. The Morgan fingerprint density at radius 1 is 1.11 bits per heavy atom. The Labute approximate surface area is 107 Å². The van der Waals surface area contributed by atoms with E-state index in [1.54, 1.807) is 0 Å². The highest BCUT2D eigenvalue weighted by molar-refractivity contribution is 5.90. The van der Waals surface area contributed by atoms with Crippen LogP contribution >= 0.6 is 0 Å². The maximum absolute atomic E-state index is 5.93. The highest BCUT2D eigenvalue weighted by atomic mass is 15.1. The van der Waals surface area contributed by atoms with Crippen LogP contribution in [0.1, 0.15) is 25.7 Å². The minimum atomic E-state index is 0.385. The first-order valence-electron chi connectivity index (χ1n) is 6.55. The molecule has 0 aliphatic heterocycles. The molecular weight excluding hydrogens is 224 g/mol. The van der Waals surface area contributed by atoms with Crippen LogP contribution < -0.4 is 11.1 Å². The molecule has 1 heterocycles. The SMILES string of the molecule is NC1CCC(Nc2cnnc3ccccc23)CC1. The molecule has 0 radical (unpaired) electrons. The quantitative estimate of drug-likeness (QED) is 0.848. The Kier molecular flexibility index (Phi) is 3.11. The van der Waals surface area contributed by atoms with Crippen LogP contribution in [-0.2, 0) is 0 Å². The average molecular weight is 242 g/mol. The molecule has 1 aromatic carbocycles. The Morgan fingerprint density at radius 3 is 2.72 bits per heavy atom. The molecule has 0 unspecified atom stereocenters. The Balaban J connectivity index is 1.82. The predicted molar refractivity (Wildman–Crippen MR) is 73.4 cm³/mol. The lowest BCUT2D eigenvalue weighted by atomic mass is 9.91. The first-order valence-corrected chi connectivity index (χ1v) is 6.55. The number of benzene rings is 1. The van der Waals surface area contributed by atoms with E-state index in [2.05, 4.69) is 21.6 Å². The summed E-state index contributed by atoms with van der Waals surface area (Å²) in [6.45, 7) is 0. The van der Waals surface area contributed by atoms with E-state index in [9.17, 15) is 0 Å². The third kappa shape index (κ3) is 2.29. The minimum Gasteiger partial charge on any atom is -0.380 e. The monoisotopic (exact) mass is 242 g/mol. The van der Waals surface area contributed by atoms with Gasteiger partial charge in [0.1, 0.15) is 0 Å². The Hall–Kier alpha value is -1.68. The minimum absolute atomic E-state index is 0.385. The maximum atomic E-state index is 5.93. The smallest absolute Gasteiger partial charge is 0.0950 e. The largest absolute Gasteiger partial charge is 0.380 e. The fourth-order valence-corrected chi connectivity index (χ4v) is 2.61. The highest BCUT2D eigenvalue weighted by Crippen LogP contribution is 2.25. The molecule has 3 rings (SSSR count). The lowest BCUT2D eigenvalue weighted by Crippen LogP contribution is -2.32. The third-order valence-electron chi connectivity index (χ3n) is 3.68. The topological polar surface area (TPSA) is 63.8 Å². The van der Waals surface area contributed by atoms with Crippen molar-refractivity contribution >= 4 is 16.6 Å². The Bertz CT molecular complexity index is 527. The van der Waals surface area contributed by atoms with Crippen LogP contribution in [0.5, 0.6) is 0 Å². The van der Waals surface area contributed by atoms with Crippen LogP contribution in [0.3, 0.4) is 0 Å². The molecule has 0 spiro atoms. The van der Waals surface area contributed by atoms with Crippen LogP contribution in [0.25, 0.3) is 10.9 Å². The van der Waals surface area contributed by atoms with Gasteiger partial charge in [-0.15, -0.1) is 0 Å². The number of fused-ring (bicyclic) bond motifs is 1. The van der Waals surface area contributed by atoms with Gasteiger partial charge in [0, 0.05) is 17.5 Å². The van der Waals surface area contributed by atoms with E-state index in [1.165, 1.54) is 0 Å². The molecule has 0 amide bonds. The lowest BCUT2D eigenvalue weighted by Gasteiger charge is -2.27. The average Bonchev–Trinajstić information content (AvgIpc) is 2.42. The van der Waals surface area contributed by atoms with Gasteiger partial charge in [-0.1, -0.05) is 18.2 Å². The highest BCUT2D eigenvalue weighted by Gasteiger charge is 2.18. The van der Waals surface area contributed by atoms with Gasteiger partial charge < -0.3 is 11.1 Å². The molecule has 94 valence electrons. The van der Waals surface area contributed by atoms with Gasteiger partial charge in [-0.05, 0) is 31.7 Å². The number of nitrogens with two attached hydrogens (primary N) is 1. The summed E-state index contributed by atoms with van der Waals surface area (Å²) in [7, 11) is 0. The van der Waals surface area contributed by atoms with Crippen molar-refractivity contribution in [3.8, 4) is 0 Å². The van der Waals surface area contributed by atoms with Crippen molar-refractivity contribution in [3.05, 3.63) is 30.5 Å². The number of nitrogens with one attached hydrogen (secondary N) is 1. The molecule has 0 bridgehead atoms. The molecule has 4 nitrogen and oxygen atoms in total. The summed E-state index contributed by atoms with van der Waals surface area (Å²) in [6.07, 6.45) is 6.30. The van der Waals surface area contributed by atoms with Gasteiger partial charge in [0.15, 0.2) is 0 Å². The van der Waals surface area contributed by atoms with Gasteiger partial charge in [-0.3, -0.25) is 0 Å². The second kappa shape index (κ2) is 4.90. The van der Waals surface area contributed by atoms with Crippen molar-refractivity contribution < 1.29 is 0 Å². The molecule has 0 atom stereocenters. The molecule has 2 aromatic rings. The normalized spacial score (nSPS) is 24.1. The van der Waals surface area contributed by atoms with Crippen molar-refractivity contribution in [2.75, 3.05) is 5.32 Å². The van der Waals surface area contributed by atoms with E-state index in [0.717, 1.165) is 42.3 Å². The molecule has 1 fully saturated rings. The summed E-state index contributed by atoms with van der Waals surface area (Å²) >= 11 is 0. The zero-order valence-electron chi connectivity index (χ0n) is 10.3. The van der Waals surface area contributed by atoms with Gasteiger partial charge in [0.2, 0.25) is 0 Å². The van der Waals surface area contributed by atoms with E-state index in [-0.39, 0.29) is 0 Å². The summed E-state index contributed by atoms with van der Waals surface area (Å²) in [4.78, 5) is 0. The van der Waals surface area contributed by atoms with E-state index >= 15 is 0 Å². The molecule has 1 aromatic heterocycles.